The van der Waals surface area contributed by atoms with Gasteiger partial charge in [-0.15, -0.1) is 0 Å². The van der Waals surface area contributed by atoms with E-state index >= 15 is 0 Å². The Balaban J connectivity index is 1.98. The van der Waals surface area contributed by atoms with E-state index in [0.29, 0.717) is 11.5 Å². The van der Waals surface area contributed by atoms with Crippen LogP contribution in [0.5, 0.6) is 0 Å². The summed E-state index contributed by atoms with van der Waals surface area (Å²) in [5, 5.41) is 0. The molecule has 1 heterocycles. The van der Waals surface area contributed by atoms with E-state index in [1.807, 2.05) is 0 Å². The highest BCUT2D eigenvalue weighted by Crippen LogP contribution is 2.45. The molecule has 2 fully saturated rings. The Bertz CT molecular complexity index is 202. The fraction of sp³-hybridized carbons (Fsp3) is 1.00. The standard InChI is InChI=1S/C12H23NO/c1-11(2)4-6-12(7-5-11)9-10(13)3-8-14-12/h10H,3-9,13H2,1-2H3. The Morgan fingerprint density at radius 2 is 1.79 bits per heavy atom. The van der Waals surface area contributed by atoms with Crippen molar-refractivity contribution in [2.45, 2.75) is 64.0 Å². The maximum atomic E-state index is 6.03. The average Bonchev–Trinajstić information content (AvgIpc) is 2.12. The Hall–Kier alpha value is -0.0800. The van der Waals surface area contributed by atoms with Crippen LogP contribution in [-0.2, 0) is 4.74 Å². The van der Waals surface area contributed by atoms with Gasteiger partial charge >= 0.3 is 0 Å². The first-order valence-electron chi connectivity index (χ1n) is 5.91. The van der Waals surface area contributed by atoms with Crippen LogP contribution in [0.2, 0.25) is 0 Å². The minimum atomic E-state index is 0.160. The molecule has 2 aliphatic rings. The zero-order chi connectivity index (χ0) is 10.2. The van der Waals surface area contributed by atoms with E-state index in [-0.39, 0.29) is 5.60 Å². The minimum absolute atomic E-state index is 0.160. The summed E-state index contributed by atoms with van der Waals surface area (Å²) in [7, 11) is 0. The molecule has 1 aliphatic heterocycles. The lowest BCUT2D eigenvalue weighted by molar-refractivity contribution is -0.119. The molecule has 2 rings (SSSR count). The van der Waals surface area contributed by atoms with Gasteiger partial charge in [-0.3, -0.25) is 0 Å². The lowest BCUT2D eigenvalue weighted by atomic mass is 9.68. The normalized spacial score (nSPS) is 35.8. The van der Waals surface area contributed by atoms with Crippen LogP contribution in [-0.4, -0.2) is 18.2 Å². The number of nitrogens with two attached hydrogens (primary N) is 1. The highest BCUT2D eigenvalue weighted by Gasteiger charge is 2.41. The second-order valence-corrected chi connectivity index (χ2v) is 5.95. The molecule has 0 aromatic rings. The first-order chi connectivity index (χ1) is 6.52. The van der Waals surface area contributed by atoms with Crippen LogP contribution >= 0.6 is 0 Å². The summed E-state index contributed by atoms with van der Waals surface area (Å²) in [5.74, 6) is 0. The highest BCUT2D eigenvalue weighted by atomic mass is 16.5. The van der Waals surface area contributed by atoms with Crippen LogP contribution in [0.1, 0.15) is 52.4 Å². The summed E-state index contributed by atoms with van der Waals surface area (Å²) < 4.78 is 5.99. The molecule has 2 N–H and O–H groups in total. The Labute approximate surface area is 87.2 Å². The first kappa shape index (κ1) is 10.4. The largest absolute Gasteiger partial charge is 0.375 e. The zero-order valence-corrected chi connectivity index (χ0v) is 9.51. The van der Waals surface area contributed by atoms with Crippen molar-refractivity contribution in [2.75, 3.05) is 6.61 Å². The summed E-state index contributed by atoms with van der Waals surface area (Å²) in [6.45, 7) is 5.60. The summed E-state index contributed by atoms with van der Waals surface area (Å²) in [5.41, 5.74) is 6.71. The predicted octanol–water partition coefficient (Wildman–Crippen LogP) is 2.46. The molecule has 1 aliphatic carbocycles. The Morgan fingerprint density at radius 1 is 1.14 bits per heavy atom. The van der Waals surface area contributed by atoms with Gasteiger partial charge in [0.15, 0.2) is 0 Å². The van der Waals surface area contributed by atoms with Gasteiger partial charge in [0.05, 0.1) is 5.60 Å². The van der Waals surface area contributed by atoms with Gasteiger partial charge in [-0.1, -0.05) is 13.8 Å². The van der Waals surface area contributed by atoms with E-state index in [9.17, 15) is 0 Å². The topological polar surface area (TPSA) is 35.2 Å². The van der Waals surface area contributed by atoms with Crippen LogP contribution in [0.15, 0.2) is 0 Å². The van der Waals surface area contributed by atoms with Crippen LogP contribution in [0.25, 0.3) is 0 Å². The molecule has 82 valence electrons. The van der Waals surface area contributed by atoms with E-state index in [1.165, 1.54) is 25.7 Å². The van der Waals surface area contributed by atoms with Crippen molar-refractivity contribution in [3.05, 3.63) is 0 Å². The third-order valence-corrected chi connectivity index (χ3v) is 4.05. The van der Waals surface area contributed by atoms with Crippen molar-refractivity contribution in [2.24, 2.45) is 11.1 Å². The number of rotatable bonds is 0. The molecule has 2 nitrogen and oxygen atoms in total. The van der Waals surface area contributed by atoms with Crippen molar-refractivity contribution < 1.29 is 4.74 Å². The van der Waals surface area contributed by atoms with Gasteiger partial charge in [0.25, 0.3) is 0 Å². The predicted molar refractivity (Wildman–Crippen MR) is 58.1 cm³/mol. The smallest absolute Gasteiger partial charge is 0.0697 e. The van der Waals surface area contributed by atoms with E-state index in [4.69, 9.17) is 10.5 Å². The van der Waals surface area contributed by atoms with Crippen LogP contribution in [0.4, 0.5) is 0 Å². The van der Waals surface area contributed by atoms with E-state index in [1.54, 1.807) is 0 Å². The summed E-state index contributed by atoms with van der Waals surface area (Å²) in [4.78, 5) is 0. The van der Waals surface area contributed by atoms with Gasteiger partial charge in [0.2, 0.25) is 0 Å². The second kappa shape index (κ2) is 3.49. The van der Waals surface area contributed by atoms with E-state index < -0.39 is 0 Å². The van der Waals surface area contributed by atoms with Crippen molar-refractivity contribution in [1.82, 2.24) is 0 Å². The van der Waals surface area contributed by atoms with Crippen molar-refractivity contribution in [3.63, 3.8) is 0 Å². The van der Waals surface area contributed by atoms with E-state index in [0.717, 1.165) is 19.4 Å². The minimum Gasteiger partial charge on any atom is -0.375 e. The molecule has 1 atom stereocenters. The molecule has 1 unspecified atom stereocenters. The quantitative estimate of drug-likeness (QED) is 0.647. The highest BCUT2D eigenvalue weighted by molar-refractivity contribution is 4.94. The summed E-state index contributed by atoms with van der Waals surface area (Å²) >= 11 is 0. The zero-order valence-electron chi connectivity index (χ0n) is 9.51. The monoisotopic (exact) mass is 197 g/mol. The van der Waals surface area contributed by atoms with Crippen LogP contribution < -0.4 is 5.73 Å². The lowest BCUT2D eigenvalue weighted by Crippen LogP contribution is -2.48. The lowest BCUT2D eigenvalue weighted by Gasteiger charge is -2.47. The molecule has 1 saturated carbocycles. The molecule has 0 aromatic carbocycles. The van der Waals surface area contributed by atoms with E-state index in [2.05, 4.69) is 13.8 Å². The molecular weight excluding hydrogens is 174 g/mol. The first-order valence-corrected chi connectivity index (χ1v) is 5.91. The molecule has 0 bridgehead atoms. The molecular formula is C12H23NO. The van der Waals surface area contributed by atoms with Gasteiger partial charge in [-0.05, 0) is 43.9 Å². The Kier molecular flexibility index (Phi) is 2.61. The second-order valence-electron chi connectivity index (χ2n) is 5.95. The maximum absolute atomic E-state index is 6.03. The molecule has 2 heteroatoms. The molecule has 1 spiro atoms. The molecule has 14 heavy (non-hydrogen) atoms. The molecule has 0 radical (unpaired) electrons. The Morgan fingerprint density at radius 3 is 2.36 bits per heavy atom. The fourth-order valence-electron chi connectivity index (χ4n) is 2.80. The summed E-state index contributed by atoms with van der Waals surface area (Å²) in [6.07, 6.45) is 7.15. The fourth-order valence-corrected chi connectivity index (χ4v) is 2.80. The van der Waals surface area contributed by atoms with Gasteiger partial charge in [-0.2, -0.15) is 0 Å². The van der Waals surface area contributed by atoms with Crippen molar-refractivity contribution in [3.8, 4) is 0 Å². The van der Waals surface area contributed by atoms with Crippen molar-refractivity contribution >= 4 is 0 Å². The molecule has 1 saturated heterocycles. The van der Waals surface area contributed by atoms with Crippen LogP contribution in [0, 0.1) is 5.41 Å². The molecule has 0 amide bonds. The number of hydrogen-bond acceptors (Lipinski definition) is 2. The van der Waals surface area contributed by atoms with Gasteiger partial charge in [0.1, 0.15) is 0 Å². The van der Waals surface area contributed by atoms with Crippen LogP contribution in [0.3, 0.4) is 0 Å². The SMILES string of the molecule is CC1(C)CCC2(CC1)CC(N)CCO2. The van der Waals surface area contributed by atoms with Gasteiger partial charge in [0, 0.05) is 12.6 Å². The van der Waals surface area contributed by atoms with Gasteiger partial charge in [-0.25, -0.2) is 0 Å². The third kappa shape index (κ3) is 2.12. The maximum Gasteiger partial charge on any atom is 0.0697 e. The molecule has 0 aromatic heterocycles. The third-order valence-electron chi connectivity index (χ3n) is 4.05. The average molecular weight is 197 g/mol. The van der Waals surface area contributed by atoms with Crippen molar-refractivity contribution in [1.29, 1.82) is 0 Å². The summed E-state index contributed by atoms with van der Waals surface area (Å²) in [6, 6.07) is 0.380. The van der Waals surface area contributed by atoms with Gasteiger partial charge < -0.3 is 10.5 Å². The number of hydrogen-bond donors (Lipinski definition) is 1. The number of ether oxygens (including phenoxy) is 1.